The van der Waals surface area contributed by atoms with Crippen LogP contribution in [0.3, 0.4) is 0 Å². The van der Waals surface area contributed by atoms with Crippen LogP contribution in [0.25, 0.3) is 22.5 Å². The molecule has 0 unspecified atom stereocenters. The van der Waals surface area contributed by atoms with Crippen molar-refractivity contribution in [3.8, 4) is 22.5 Å². The molecule has 0 bridgehead atoms. The number of nitrogens with zero attached hydrogens (tertiary/aromatic N) is 5. The minimum Gasteiger partial charge on any atom is -0.445 e. The van der Waals surface area contributed by atoms with E-state index in [1.165, 1.54) is 6.07 Å². The molecule has 47 heavy (non-hydrogen) atoms. The highest BCUT2D eigenvalue weighted by atomic mass is 19.4. The topological polar surface area (TPSA) is 93.1 Å². The number of halogens is 3. The molecule has 3 aromatic carbocycles. The number of aromatic nitrogens is 4. The largest absolute Gasteiger partial charge is 0.445 e. The Morgan fingerprint density at radius 2 is 1.66 bits per heavy atom. The van der Waals surface area contributed by atoms with Crippen LogP contribution in [0.2, 0.25) is 0 Å². The lowest BCUT2D eigenvalue weighted by molar-refractivity contribution is -0.137. The molecule has 2 aromatic heterocycles. The van der Waals surface area contributed by atoms with Gasteiger partial charge in [0.25, 0.3) is 0 Å². The second kappa shape index (κ2) is 14.0. The van der Waals surface area contributed by atoms with Crippen molar-refractivity contribution >= 4 is 12.0 Å². The van der Waals surface area contributed by atoms with Crippen LogP contribution in [0.15, 0.2) is 103 Å². The van der Waals surface area contributed by atoms with Gasteiger partial charge in [-0.3, -0.25) is 0 Å². The molecule has 0 spiro atoms. The summed E-state index contributed by atoms with van der Waals surface area (Å²) in [6.07, 6.45) is -2.10. The third-order valence-electron chi connectivity index (χ3n) is 8.23. The molecule has 6 rings (SSSR count). The predicted molar refractivity (Wildman–Crippen MR) is 172 cm³/mol. The van der Waals surface area contributed by atoms with Crippen molar-refractivity contribution < 1.29 is 22.7 Å². The van der Waals surface area contributed by atoms with Gasteiger partial charge in [-0.25, -0.2) is 14.8 Å². The summed E-state index contributed by atoms with van der Waals surface area (Å²) in [4.78, 5) is 23.4. The molecule has 1 atom stereocenters. The van der Waals surface area contributed by atoms with E-state index in [2.05, 4.69) is 25.5 Å². The Bertz CT molecular complexity index is 1810. The molecule has 1 saturated heterocycles. The molecular weight excluding hydrogens is 605 g/mol. The number of anilines is 1. The maximum absolute atomic E-state index is 13.7. The van der Waals surface area contributed by atoms with Crippen molar-refractivity contribution in [1.82, 2.24) is 25.1 Å². The lowest BCUT2D eigenvalue weighted by Crippen LogP contribution is -2.38. The first-order valence-electron chi connectivity index (χ1n) is 15.4. The number of rotatable bonds is 8. The molecule has 0 aliphatic carbocycles. The molecule has 0 saturated carbocycles. The van der Waals surface area contributed by atoms with Gasteiger partial charge in [0.2, 0.25) is 5.95 Å². The Morgan fingerprint density at radius 3 is 2.38 bits per heavy atom. The normalized spacial score (nSPS) is 14.4. The number of likely N-dealkylation sites (tertiary alicyclic amines) is 1. The van der Waals surface area contributed by atoms with Crippen LogP contribution in [-0.2, 0) is 17.5 Å². The number of benzene rings is 3. The summed E-state index contributed by atoms with van der Waals surface area (Å²) in [6.45, 7) is 3.10. The van der Waals surface area contributed by atoms with Gasteiger partial charge in [0.05, 0.1) is 23.0 Å². The molecule has 5 aromatic rings. The summed E-state index contributed by atoms with van der Waals surface area (Å²) in [5.41, 5.74) is 3.42. The third kappa shape index (κ3) is 7.74. The van der Waals surface area contributed by atoms with Crippen LogP contribution < -0.4 is 5.32 Å². The number of nitrogens with one attached hydrogen (secondary N) is 1. The van der Waals surface area contributed by atoms with Gasteiger partial charge in [-0.05, 0) is 60.7 Å². The van der Waals surface area contributed by atoms with Crippen LogP contribution in [0.4, 0.5) is 23.9 Å². The van der Waals surface area contributed by atoms with Crippen LogP contribution in [0.1, 0.15) is 54.1 Å². The van der Waals surface area contributed by atoms with Crippen molar-refractivity contribution in [3.05, 3.63) is 126 Å². The van der Waals surface area contributed by atoms with E-state index in [0.29, 0.717) is 60.1 Å². The van der Waals surface area contributed by atoms with Gasteiger partial charge in [-0.1, -0.05) is 72.8 Å². The zero-order chi connectivity index (χ0) is 32.8. The van der Waals surface area contributed by atoms with Crippen molar-refractivity contribution in [2.45, 2.75) is 44.5 Å². The molecule has 11 heteroatoms. The fraction of sp³-hybridized carbons (Fsp3) is 0.250. The standard InChI is InChI=1S/C36H33F3N6O2/c1-24(26-11-6-3-7-12-26)41-34-40-18-15-31(42-34)33-30(28-13-8-14-29(21-28)36(37,38)39)22-32(43-44-33)27-16-19-45(20-17-27)35(46)47-23-25-9-4-2-5-10-25/h2-15,18,21-22,24,27H,16-17,19-20,23H2,1H3,(H,40,41,42)/t24-/m0/s1. The summed E-state index contributed by atoms with van der Waals surface area (Å²) < 4.78 is 46.7. The number of hydrogen-bond donors (Lipinski definition) is 1. The fourth-order valence-corrected chi connectivity index (χ4v) is 5.63. The number of amides is 1. The Hall–Kier alpha value is -5.32. The van der Waals surface area contributed by atoms with E-state index in [0.717, 1.165) is 23.3 Å². The molecule has 1 N–H and O–H groups in total. The van der Waals surface area contributed by atoms with Gasteiger partial charge in [0.15, 0.2) is 0 Å². The molecule has 1 aliphatic heterocycles. The molecule has 240 valence electrons. The lowest BCUT2D eigenvalue weighted by atomic mass is 9.91. The SMILES string of the molecule is C[C@H](Nc1nccc(-c2nnc(C3CCN(C(=O)OCc4ccccc4)CC3)cc2-c2cccc(C(F)(F)F)c2)n1)c1ccccc1. The second-order valence-electron chi connectivity index (χ2n) is 11.5. The molecule has 8 nitrogen and oxygen atoms in total. The lowest BCUT2D eigenvalue weighted by Gasteiger charge is -2.31. The number of piperidine rings is 1. The fourth-order valence-electron chi connectivity index (χ4n) is 5.63. The molecule has 3 heterocycles. The monoisotopic (exact) mass is 638 g/mol. The average Bonchev–Trinajstić information content (AvgIpc) is 3.11. The van der Waals surface area contributed by atoms with E-state index in [9.17, 15) is 18.0 Å². The number of ether oxygens (including phenoxy) is 1. The van der Waals surface area contributed by atoms with Gasteiger partial charge in [-0.15, -0.1) is 5.10 Å². The highest BCUT2D eigenvalue weighted by Gasteiger charge is 2.31. The second-order valence-corrected chi connectivity index (χ2v) is 11.5. The van der Waals surface area contributed by atoms with E-state index >= 15 is 0 Å². The Kier molecular flexibility index (Phi) is 9.42. The summed E-state index contributed by atoms with van der Waals surface area (Å²) in [5.74, 6) is 0.305. The maximum Gasteiger partial charge on any atom is 0.416 e. The molecular formula is C36H33F3N6O2. The minimum atomic E-state index is -4.51. The van der Waals surface area contributed by atoms with E-state index in [4.69, 9.17) is 4.74 Å². The summed E-state index contributed by atoms with van der Waals surface area (Å²) in [5, 5.41) is 12.4. The quantitative estimate of drug-likeness (QED) is 0.183. The maximum atomic E-state index is 13.7. The third-order valence-corrected chi connectivity index (χ3v) is 8.23. The van der Waals surface area contributed by atoms with Gasteiger partial charge >= 0.3 is 12.3 Å². The van der Waals surface area contributed by atoms with Gasteiger partial charge < -0.3 is 15.0 Å². The first-order chi connectivity index (χ1) is 22.7. The van der Waals surface area contributed by atoms with E-state index in [1.807, 2.05) is 67.6 Å². The number of carbonyl (C=O) groups excluding carboxylic acids is 1. The smallest absolute Gasteiger partial charge is 0.416 e. The number of hydrogen-bond acceptors (Lipinski definition) is 7. The van der Waals surface area contributed by atoms with Crippen LogP contribution >= 0.6 is 0 Å². The summed E-state index contributed by atoms with van der Waals surface area (Å²) >= 11 is 0. The highest BCUT2D eigenvalue weighted by molar-refractivity contribution is 5.79. The van der Waals surface area contributed by atoms with Crippen LogP contribution in [0, 0.1) is 0 Å². The first-order valence-corrected chi connectivity index (χ1v) is 15.4. The van der Waals surface area contributed by atoms with E-state index in [-0.39, 0.29) is 24.7 Å². The first kappa shape index (κ1) is 31.7. The van der Waals surface area contributed by atoms with Crippen LogP contribution in [0.5, 0.6) is 0 Å². The van der Waals surface area contributed by atoms with Gasteiger partial charge in [0, 0.05) is 30.8 Å². The van der Waals surface area contributed by atoms with E-state index < -0.39 is 11.7 Å². The summed E-state index contributed by atoms with van der Waals surface area (Å²) in [7, 11) is 0. The zero-order valence-electron chi connectivity index (χ0n) is 25.7. The van der Waals surface area contributed by atoms with Crippen LogP contribution in [-0.4, -0.2) is 44.2 Å². The van der Waals surface area contributed by atoms with Gasteiger partial charge in [-0.2, -0.15) is 18.3 Å². The average molecular weight is 639 g/mol. The Balaban J connectivity index is 1.25. The Labute approximate surface area is 270 Å². The number of alkyl halides is 3. The van der Waals surface area contributed by atoms with E-state index in [1.54, 1.807) is 29.3 Å². The predicted octanol–water partition coefficient (Wildman–Crippen LogP) is 8.31. The molecule has 0 radical (unpaired) electrons. The molecule has 1 fully saturated rings. The number of carbonyl (C=O) groups is 1. The highest BCUT2D eigenvalue weighted by Crippen LogP contribution is 2.37. The summed E-state index contributed by atoms with van der Waals surface area (Å²) in [6, 6.07) is 27.9. The van der Waals surface area contributed by atoms with Crippen molar-refractivity contribution in [2.24, 2.45) is 0 Å². The molecule has 1 amide bonds. The van der Waals surface area contributed by atoms with Crippen molar-refractivity contribution in [1.29, 1.82) is 0 Å². The Morgan fingerprint density at radius 1 is 0.936 bits per heavy atom. The van der Waals surface area contributed by atoms with Crippen molar-refractivity contribution in [2.75, 3.05) is 18.4 Å². The van der Waals surface area contributed by atoms with Crippen molar-refractivity contribution in [3.63, 3.8) is 0 Å². The molecule has 1 aliphatic rings. The zero-order valence-corrected chi connectivity index (χ0v) is 25.7. The minimum absolute atomic E-state index is 0.0476. The van der Waals surface area contributed by atoms with Gasteiger partial charge in [0.1, 0.15) is 12.3 Å².